The van der Waals surface area contributed by atoms with E-state index in [9.17, 15) is 4.79 Å². The molecule has 1 aliphatic heterocycles. The lowest BCUT2D eigenvalue weighted by Crippen LogP contribution is -2.32. The molecule has 106 valence electrons. The summed E-state index contributed by atoms with van der Waals surface area (Å²) in [5, 5.41) is 0. The fourth-order valence-corrected chi connectivity index (χ4v) is 3.05. The molecule has 1 saturated heterocycles. The lowest BCUT2D eigenvalue weighted by Gasteiger charge is -2.14. The van der Waals surface area contributed by atoms with Gasteiger partial charge >= 0.3 is 0 Å². The Balaban J connectivity index is 1.99. The van der Waals surface area contributed by atoms with Crippen molar-refractivity contribution in [2.45, 2.75) is 31.6 Å². The molecule has 0 aromatic carbocycles. The summed E-state index contributed by atoms with van der Waals surface area (Å²) in [6, 6.07) is 3.75. The van der Waals surface area contributed by atoms with Gasteiger partial charge in [-0.3, -0.25) is 4.79 Å². The van der Waals surface area contributed by atoms with E-state index in [0.29, 0.717) is 18.2 Å². The molecular formula is C14H22N2O2S. The topological polar surface area (TPSA) is 59.5 Å². The fraction of sp³-hybridized carbons (Fsp3) is 0.643. The van der Waals surface area contributed by atoms with Gasteiger partial charge in [0.15, 0.2) is 5.76 Å². The summed E-state index contributed by atoms with van der Waals surface area (Å²) in [7, 11) is 0. The Morgan fingerprint density at radius 1 is 1.53 bits per heavy atom. The van der Waals surface area contributed by atoms with Crippen LogP contribution in [0.4, 0.5) is 0 Å². The van der Waals surface area contributed by atoms with Crippen LogP contribution in [0.3, 0.4) is 0 Å². The van der Waals surface area contributed by atoms with Crippen LogP contribution in [0.5, 0.6) is 0 Å². The van der Waals surface area contributed by atoms with Gasteiger partial charge in [-0.15, -0.1) is 0 Å². The molecule has 1 fully saturated rings. The average Bonchev–Trinajstić information content (AvgIpc) is 2.98. The first-order valence-electron chi connectivity index (χ1n) is 6.78. The summed E-state index contributed by atoms with van der Waals surface area (Å²) in [5.41, 5.74) is 6.10. The molecule has 2 N–H and O–H groups in total. The van der Waals surface area contributed by atoms with E-state index in [-0.39, 0.29) is 11.9 Å². The molecule has 5 heteroatoms. The zero-order chi connectivity index (χ0) is 13.8. The fourth-order valence-electron chi connectivity index (χ4n) is 2.61. The van der Waals surface area contributed by atoms with Gasteiger partial charge in [0.25, 0.3) is 5.91 Å². The van der Waals surface area contributed by atoms with Gasteiger partial charge in [-0.2, -0.15) is 11.8 Å². The Morgan fingerprint density at radius 3 is 3.00 bits per heavy atom. The summed E-state index contributed by atoms with van der Waals surface area (Å²) in [6.45, 7) is 3.55. The van der Waals surface area contributed by atoms with Gasteiger partial charge in [0, 0.05) is 19.1 Å². The maximum absolute atomic E-state index is 12.3. The first-order chi connectivity index (χ1) is 9.15. The van der Waals surface area contributed by atoms with Crippen LogP contribution in [0.15, 0.2) is 16.5 Å². The van der Waals surface area contributed by atoms with Crippen LogP contribution in [0.25, 0.3) is 0 Å². The molecule has 2 atom stereocenters. The highest BCUT2D eigenvalue weighted by atomic mass is 32.2. The number of carbonyl (C=O) groups is 1. The summed E-state index contributed by atoms with van der Waals surface area (Å²) < 4.78 is 5.58. The molecule has 0 bridgehead atoms. The number of nitrogens with two attached hydrogens (primary N) is 1. The number of thioether (sulfide) groups is 1. The van der Waals surface area contributed by atoms with Crippen molar-refractivity contribution in [3.05, 3.63) is 23.7 Å². The highest BCUT2D eigenvalue weighted by molar-refractivity contribution is 7.97. The number of carbonyl (C=O) groups excluding carboxylic acids is 1. The second-order valence-corrected chi connectivity index (χ2v) is 5.99. The van der Waals surface area contributed by atoms with Crippen LogP contribution in [0.2, 0.25) is 0 Å². The smallest absolute Gasteiger partial charge is 0.289 e. The number of hydrogen-bond donors (Lipinski definition) is 1. The van der Waals surface area contributed by atoms with Crippen LogP contribution < -0.4 is 5.73 Å². The molecule has 2 rings (SSSR count). The van der Waals surface area contributed by atoms with Crippen molar-refractivity contribution in [2.24, 2.45) is 11.7 Å². The molecule has 0 saturated carbocycles. The highest BCUT2D eigenvalue weighted by Gasteiger charge is 2.33. The van der Waals surface area contributed by atoms with Gasteiger partial charge in [-0.25, -0.2) is 0 Å². The average molecular weight is 282 g/mol. The van der Waals surface area contributed by atoms with Crippen molar-refractivity contribution in [3.63, 3.8) is 0 Å². The number of furan rings is 1. The van der Waals surface area contributed by atoms with Crippen molar-refractivity contribution >= 4 is 17.7 Å². The van der Waals surface area contributed by atoms with Gasteiger partial charge in [0.1, 0.15) is 5.76 Å². The molecular weight excluding hydrogens is 260 g/mol. The Hall–Kier alpha value is -0.940. The first-order valence-corrected chi connectivity index (χ1v) is 8.17. The quantitative estimate of drug-likeness (QED) is 0.900. The largest absolute Gasteiger partial charge is 0.455 e. The zero-order valence-electron chi connectivity index (χ0n) is 11.6. The molecule has 0 radical (unpaired) electrons. The molecule has 1 amide bonds. The number of amides is 1. The molecule has 1 aliphatic rings. The van der Waals surface area contributed by atoms with Crippen molar-refractivity contribution in [2.75, 3.05) is 19.3 Å². The number of rotatable bonds is 5. The van der Waals surface area contributed by atoms with Gasteiger partial charge in [0.2, 0.25) is 0 Å². The third kappa shape index (κ3) is 3.34. The SMILES string of the molecule is CCCC1CN(C(=O)c2ccc(CSC)o2)CC1N. The van der Waals surface area contributed by atoms with Gasteiger partial charge in [0.05, 0.1) is 5.75 Å². The zero-order valence-corrected chi connectivity index (χ0v) is 12.4. The summed E-state index contributed by atoms with van der Waals surface area (Å²) in [5.74, 6) is 2.49. The van der Waals surface area contributed by atoms with Gasteiger partial charge in [-0.05, 0) is 30.7 Å². The number of hydrogen-bond acceptors (Lipinski definition) is 4. The van der Waals surface area contributed by atoms with Crippen molar-refractivity contribution in [1.82, 2.24) is 4.90 Å². The lowest BCUT2D eigenvalue weighted by atomic mass is 9.99. The number of likely N-dealkylation sites (tertiary alicyclic amines) is 1. The highest BCUT2D eigenvalue weighted by Crippen LogP contribution is 2.23. The van der Waals surface area contributed by atoms with E-state index in [2.05, 4.69) is 6.92 Å². The van der Waals surface area contributed by atoms with E-state index in [1.165, 1.54) is 0 Å². The molecule has 2 heterocycles. The van der Waals surface area contributed by atoms with Crippen molar-refractivity contribution in [1.29, 1.82) is 0 Å². The van der Waals surface area contributed by atoms with Crippen LogP contribution in [0, 0.1) is 5.92 Å². The standard InChI is InChI=1S/C14H22N2O2S/c1-3-4-10-7-16(8-12(10)15)14(17)13-6-5-11(18-13)9-19-2/h5-6,10,12H,3-4,7-9,15H2,1-2H3. The first kappa shape index (κ1) is 14.5. The molecule has 0 aliphatic carbocycles. The second kappa shape index (κ2) is 6.48. The third-order valence-corrected chi connectivity index (χ3v) is 4.17. The lowest BCUT2D eigenvalue weighted by molar-refractivity contribution is 0.0752. The minimum absolute atomic E-state index is 0.0265. The van der Waals surface area contributed by atoms with E-state index >= 15 is 0 Å². The van der Waals surface area contributed by atoms with Crippen LogP contribution >= 0.6 is 11.8 Å². The van der Waals surface area contributed by atoms with E-state index in [1.807, 2.05) is 17.2 Å². The third-order valence-electron chi connectivity index (χ3n) is 3.60. The maximum Gasteiger partial charge on any atom is 0.289 e. The molecule has 1 aromatic rings. The van der Waals surface area contributed by atoms with Crippen LogP contribution in [-0.4, -0.2) is 36.2 Å². The van der Waals surface area contributed by atoms with E-state index in [1.54, 1.807) is 17.8 Å². The minimum atomic E-state index is -0.0265. The molecule has 1 aromatic heterocycles. The van der Waals surface area contributed by atoms with Gasteiger partial charge in [-0.1, -0.05) is 13.3 Å². The van der Waals surface area contributed by atoms with E-state index < -0.39 is 0 Å². The number of nitrogens with zero attached hydrogens (tertiary/aromatic N) is 1. The summed E-state index contributed by atoms with van der Waals surface area (Å²) in [4.78, 5) is 14.2. The second-order valence-electron chi connectivity index (χ2n) is 5.12. The van der Waals surface area contributed by atoms with Crippen molar-refractivity contribution in [3.8, 4) is 0 Å². The molecule has 2 unspecified atom stereocenters. The Kier molecular flexibility index (Phi) is 4.93. The normalized spacial score (nSPS) is 23.0. The van der Waals surface area contributed by atoms with Crippen LogP contribution in [-0.2, 0) is 5.75 Å². The molecule has 0 spiro atoms. The maximum atomic E-state index is 12.3. The molecule has 19 heavy (non-hydrogen) atoms. The Bertz CT molecular complexity index is 433. The van der Waals surface area contributed by atoms with Crippen LogP contribution in [0.1, 0.15) is 36.1 Å². The van der Waals surface area contributed by atoms with E-state index in [0.717, 1.165) is 30.9 Å². The summed E-state index contributed by atoms with van der Waals surface area (Å²) >= 11 is 1.68. The summed E-state index contributed by atoms with van der Waals surface area (Å²) in [6.07, 6.45) is 4.21. The van der Waals surface area contributed by atoms with E-state index in [4.69, 9.17) is 10.2 Å². The van der Waals surface area contributed by atoms with Crippen molar-refractivity contribution < 1.29 is 9.21 Å². The predicted molar refractivity (Wildman–Crippen MR) is 78.2 cm³/mol. The Labute approximate surface area is 118 Å². The molecule has 4 nitrogen and oxygen atoms in total. The monoisotopic (exact) mass is 282 g/mol. The predicted octanol–water partition coefficient (Wildman–Crippen LogP) is 2.34. The Morgan fingerprint density at radius 2 is 2.32 bits per heavy atom. The minimum Gasteiger partial charge on any atom is -0.455 e. The van der Waals surface area contributed by atoms with Gasteiger partial charge < -0.3 is 15.1 Å².